The van der Waals surface area contributed by atoms with Crippen molar-refractivity contribution >= 4 is 16.9 Å². The van der Waals surface area contributed by atoms with Crippen molar-refractivity contribution in [2.75, 3.05) is 18.0 Å². The summed E-state index contributed by atoms with van der Waals surface area (Å²) in [7, 11) is 2.03. The van der Waals surface area contributed by atoms with Crippen LogP contribution in [-0.2, 0) is 7.05 Å². The number of hydrogen-bond donors (Lipinski definition) is 0. The number of rotatable bonds is 1. The van der Waals surface area contributed by atoms with Gasteiger partial charge in [-0.25, -0.2) is 9.97 Å². The maximum absolute atomic E-state index is 4.49. The first-order valence-electron chi connectivity index (χ1n) is 6.68. The van der Waals surface area contributed by atoms with E-state index in [9.17, 15) is 0 Å². The molecule has 0 aliphatic carbocycles. The lowest BCUT2D eigenvalue weighted by atomic mass is 9.99. The molecule has 0 N–H and O–H groups in total. The average molecular weight is 244 g/mol. The Morgan fingerprint density at radius 2 is 2.17 bits per heavy atom. The van der Waals surface area contributed by atoms with Crippen LogP contribution in [0.4, 0.5) is 5.69 Å². The summed E-state index contributed by atoms with van der Waals surface area (Å²) in [5.74, 6) is 0.778. The van der Waals surface area contributed by atoms with Crippen LogP contribution in [0.5, 0.6) is 0 Å². The summed E-state index contributed by atoms with van der Waals surface area (Å²) >= 11 is 0. The molecule has 1 atom stereocenters. The smallest absolute Gasteiger partial charge is 0.177 e. The Hall–Kier alpha value is -1.58. The van der Waals surface area contributed by atoms with Gasteiger partial charge in [0.15, 0.2) is 5.65 Å². The second-order valence-electron chi connectivity index (χ2n) is 5.49. The zero-order valence-corrected chi connectivity index (χ0v) is 11.3. The van der Waals surface area contributed by atoms with Crippen molar-refractivity contribution in [3.63, 3.8) is 0 Å². The lowest BCUT2D eigenvalue weighted by molar-refractivity contribution is 0.446. The minimum Gasteiger partial charge on any atom is -0.370 e. The number of pyridine rings is 1. The monoisotopic (exact) mass is 244 g/mol. The standard InChI is InChI=1S/C14H20N4/c1-10-5-4-6-18(8-10)12-7-15-14-13(11(12)2)17(3)9-16-14/h7,9-10H,4-6,8H2,1-3H3. The molecule has 0 radical (unpaired) electrons. The van der Waals surface area contributed by atoms with E-state index >= 15 is 0 Å². The van der Waals surface area contributed by atoms with E-state index in [1.54, 1.807) is 0 Å². The second-order valence-corrected chi connectivity index (χ2v) is 5.49. The molecular weight excluding hydrogens is 224 g/mol. The van der Waals surface area contributed by atoms with Crippen molar-refractivity contribution in [1.82, 2.24) is 14.5 Å². The molecule has 1 unspecified atom stereocenters. The Morgan fingerprint density at radius 1 is 1.33 bits per heavy atom. The van der Waals surface area contributed by atoms with Gasteiger partial charge in [-0.3, -0.25) is 0 Å². The van der Waals surface area contributed by atoms with Crippen LogP contribution in [0, 0.1) is 12.8 Å². The lowest BCUT2D eigenvalue weighted by Gasteiger charge is -2.33. The van der Waals surface area contributed by atoms with Crippen molar-refractivity contribution in [2.45, 2.75) is 26.7 Å². The van der Waals surface area contributed by atoms with E-state index in [0.717, 1.165) is 30.2 Å². The zero-order valence-electron chi connectivity index (χ0n) is 11.3. The molecular formula is C14H20N4. The molecule has 1 aliphatic heterocycles. The van der Waals surface area contributed by atoms with Crippen molar-refractivity contribution < 1.29 is 0 Å². The molecule has 1 saturated heterocycles. The summed E-state index contributed by atoms with van der Waals surface area (Å²) in [6.07, 6.45) is 6.46. The van der Waals surface area contributed by atoms with E-state index in [4.69, 9.17) is 0 Å². The quantitative estimate of drug-likeness (QED) is 0.773. The molecule has 1 aliphatic rings. The fourth-order valence-corrected chi connectivity index (χ4v) is 3.01. The second kappa shape index (κ2) is 4.26. The first kappa shape index (κ1) is 11.5. The molecule has 0 aromatic carbocycles. The fraction of sp³-hybridized carbons (Fsp3) is 0.571. The summed E-state index contributed by atoms with van der Waals surface area (Å²) in [6, 6.07) is 0. The molecule has 1 fully saturated rings. The normalized spacial score (nSPS) is 20.6. The van der Waals surface area contributed by atoms with E-state index in [1.807, 2.05) is 19.6 Å². The SMILES string of the molecule is Cc1c(N2CCCC(C)C2)cnc2ncn(C)c12. The highest BCUT2D eigenvalue weighted by Gasteiger charge is 2.20. The van der Waals surface area contributed by atoms with Crippen molar-refractivity contribution in [1.29, 1.82) is 0 Å². The van der Waals surface area contributed by atoms with Crippen LogP contribution < -0.4 is 4.90 Å². The molecule has 3 heterocycles. The average Bonchev–Trinajstić information content (AvgIpc) is 2.72. The molecule has 4 heteroatoms. The molecule has 96 valence electrons. The number of hydrogen-bond acceptors (Lipinski definition) is 3. The minimum absolute atomic E-state index is 0.778. The third kappa shape index (κ3) is 1.76. The topological polar surface area (TPSA) is 34.0 Å². The highest BCUT2D eigenvalue weighted by atomic mass is 15.2. The fourth-order valence-electron chi connectivity index (χ4n) is 3.01. The van der Waals surface area contributed by atoms with Crippen LogP contribution in [0.3, 0.4) is 0 Å². The largest absolute Gasteiger partial charge is 0.370 e. The number of nitrogens with zero attached hydrogens (tertiary/aromatic N) is 4. The number of anilines is 1. The highest BCUT2D eigenvalue weighted by molar-refractivity contribution is 5.80. The van der Waals surface area contributed by atoms with Gasteiger partial charge in [-0.15, -0.1) is 0 Å². The van der Waals surface area contributed by atoms with Gasteiger partial charge in [-0.2, -0.15) is 0 Å². The van der Waals surface area contributed by atoms with Gasteiger partial charge < -0.3 is 9.47 Å². The van der Waals surface area contributed by atoms with Gasteiger partial charge >= 0.3 is 0 Å². The predicted molar refractivity (Wildman–Crippen MR) is 73.9 cm³/mol. The van der Waals surface area contributed by atoms with E-state index < -0.39 is 0 Å². The number of imidazole rings is 1. The Labute approximate surface area is 108 Å². The van der Waals surface area contributed by atoms with Gasteiger partial charge in [-0.05, 0) is 25.7 Å². The highest BCUT2D eigenvalue weighted by Crippen LogP contribution is 2.29. The Morgan fingerprint density at radius 3 is 2.94 bits per heavy atom. The van der Waals surface area contributed by atoms with Crippen molar-refractivity contribution in [3.05, 3.63) is 18.1 Å². The lowest BCUT2D eigenvalue weighted by Crippen LogP contribution is -2.34. The predicted octanol–water partition coefficient (Wildman–Crippen LogP) is 2.51. The Balaban J connectivity index is 2.06. The van der Waals surface area contributed by atoms with Crippen molar-refractivity contribution in [3.8, 4) is 0 Å². The molecule has 0 bridgehead atoms. The van der Waals surface area contributed by atoms with Gasteiger partial charge in [0.2, 0.25) is 0 Å². The molecule has 0 spiro atoms. The van der Waals surface area contributed by atoms with Gasteiger partial charge in [0.05, 0.1) is 23.7 Å². The van der Waals surface area contributed by atoms with E-state index in [1.165, 1.54) is 24.1 Å². The van der Waals surface area contributed by atoms with Crippen LogP contribution in [0.1, 0.15) is 25.3 Å². The van der Waals surface area contributed by atoms with Crippen LogP contribution in [0.25, 0.3) is 11.2 Å². The maximum atomic E-state index is 4.49. The minimum atomic E-state index is 0.778. The van der Waals surface area contributed by atoms with Crippen molar-refractivity contribution in [2.24, 2.45) is 13.0 Å². The van der Waals surface area contributed by atoms with E-state index in [0.29, 0.717) is 0 Å². The van der Waals surface area contributed by atoms with Crippen LogP contribution in [0.15, 0.2) is 12.5 Å². The molecule has 2 aromatic rings. The molecule has 2 aromatic heterocycles. The number of piperidine rings is 1. The zero-order chi connectivity index (χ0) is 12.7. The van der Waals surface area contributed by atoms with Gasteiger partial charge in [0.1, 0.15) is 0 Å². The van der Waals surface area contributed by atoms with E-state index in [-0.39, 0.29) is 0 Å². The summed E-state index contributed by atoms with van der Waals surface area (Å²) in [5.41, 5.74) is 4.58. The molecule has 3 rings (SSSR count). The number of aromatic nitrogens is 3. The van der Waals surface area contributed by atoms with Gasteiger partial charge in [-0.1, -0.05) is 6.92 Å². The van der Waals surface area contributed by atoms with Gasteiger partial charge in [0.25, 0.3) is 0 Å². The van der Waals surface area contributed by atoms with E-state index in [2.05, 4.69) is 33.3 Å². The van der Waals surface area contributed by atoms with Gasteiger partial charge in [0, 0.05) is 25.7 Å². The third-order valence-corrected chi connectivity index (χ3v) is 3.96. The van der Waals surface area contributed by atoms with Crippen LogP contribution in [-0.4, -0.2) is 27.6 Å². The number of fused-ring (bicyclic) bond motifs is 1. The summed E-state index contributed by atoms with van der Waals surface area (Å²) in [6.45, 7) is 6.81. The summed E-state index contributed by atoms with van der Waals surface area (Å²) in [4.78, 5) is 11.3. The van der Waals surface area contributed by atoms with Crippen LogP contribution in [0.2, 0.25) is 0 Å². The molecule has 0 amide bonds. The first-order chi connectivity index (χ1) is 8.66. The number of aryl methyl sites for hydroxylation is 2. The summed E-state index contributed by atoms with van der Waals surface area (Å²) < 4.78 is 2.06. The maximum Gasteiger partial charge on any atom is 0.177 e. The molecule has 4 nitrogen and oxygen atoms in total. The third-order valence-electron chi connectivity index (χ3n) is 3.96. The molecule has 18 heavy (non-hydrogen) atoms. The Bertz CT molecular complexity index is 572. The van der Waals surface area contributed by atoms with Crippen LogP contribution >= 0.6 is 0 Å². The Kier molecular flexibility index (Phi) is 2.73. The summed E-state index contributed by atoms with van der Waals surface area (Å²) in [5, 5.41) is 0. The first-order valence-corrected chi connectivity index (χ1v) is 6.68. The molecule has 0 saturated carbocycles.